The molecule has 1 aromatic carbocycles. The minimum Gasteiger partial charge on any atom is -0.450 e. The molecule has 0 aliphatic carbocycles. The first-order valence-corrected chi connectivity index (χ1v) is 17.4. The molecular formula is C32H52N2O7S2. The second kappa shape index (κ2) is 26.5. The van der Waals surface area contributed by atoms with Gasteiger partial charge in [-0.15, -0.1) is 0 Å². The summed E-state index contributed by atoms with van der Waals surface area (Å²) in [6.45, 7) is 15.5. The van der Waals surface area contributed by atoms with E-state index >= 15 is 0 Å². The van der Waals surface area contributed by atoms with Crippen molar-refractivity contribution in [1.29, 1.82) is 0 Å². The van der Waals surface area contributed by atoms with Crippen LogP contribution < -0.4 is 10.6 Å². The fraction of sp³-hybridized carbons (Fsp3) is 0.688. The number of carbonyl (C=O) groups excluding carboxylic acids is 2. The van der Waals surface area contributed by atoms with Crippen LogP contribution >= 0.6 is 21.6 Å². The first-order chi connectivity index (χ1) is 20.8. The van der Waals surface area contributed by atoms with Gasteiger partial charge in [0.2, 0.25) is 5.91 Å². The molecule has 43 heavy (non-hydrogen) atoms. The summed E-state index contributed by atoms with van der Waals surface area (Å²) in [6.07, 6.45) is 2.50. The van der Waals surface area contributed by atoms with Gasteiger partial charge < -0.3 is 34.3 Å². The second-order valence-corrected chi connectivity index (χ2v) is 13.1. The molecule has 1 aromatic rings. The van der Waals surface area contributed by atoms with Crippen molar-refractivity contribution < 1.29 is 33.3 Å². The molecule has 0 radical (unpaired) electrons. The molecule has 0 aromatic heterocycles. The van der Waals surface area contributed by atoms with Crippen LogP contribution in [0.15, 0.2) is 29.2 Å². The van der Waals surface area contributed by atoms with Crippen LogP contribution in [-0.4, -0.2) is 83.4 Å². The topological polar surface area (TPSA) is 104 Å². The number of ether oxygens (including phenoxy) is 5. The number of hydrogen-bond donors (Lipinski definition) is 2. The molecule has 0 fully saturated rings. The zero-order chi connectivity index (χ0) is 31.5. The molecule has 0 aliphatic rings. The van der Waals surface area contributed by atoms with E-state index < -0.39 is 6.09 Å². The van der Waals surface area contributed by atoms with Crippen molar-refractivity contribution in [3.63, 3.8) is 0 Å². The number of carbonyl (C=O) groups is 2. The van der Waals surface area contributed by atoms with Gasteiger partial charge in [-0.2, -0.15) is 0 Å². The summed E-state index contributed by atoms with van der Waals surface area (Å²) >= 11 is 0. The monoisotopic (exact) mass is 640 g/mol. The Morgan fingerprint density at radius 2 is 1.47 bits per heavy atom. The van der Waals surface area contributed by atoms with Crippen molar-refractivity contribution in [1.82, 2.24) is 10.6 Å². The Labute approximate surface area is 267 Å². The van der Waals surface area contributed by atoms with Crippen LogP contribution in [0.4, 0.5) is 4.79 Å². The van der Waals surface area contributed by atoms with Gasteiger partial charge in [-0.3, -0.25) is 4.79 Å². The van der Waals surface area contributed by atoms with Gasteiger partial charge in [0.05, 0.1) is 52.6 Å². The van der Waals surface area contributed by atoms with E-state index in [1.54, 1.807) is 21.6 Å². The van der Waals surface area contributed by atoms with Crippen LogP contribution in [0.5, 0.6) is 0 Å². The van der Waals surface area contributed by atoms with Crippen LogP contribution in [0.25, 0.3) is 0 Å². The molecule has 1 atom stereocenters. The lowest BCUT2D eigenvalue weighted by Crippen LogP contribution is -2.29. The number of amides is 2. The highest BCUT2D eigenvalue weighted by Crippen LogP contribution is 2.35. The minimum absolute atomic E-state index is 0.0153. The predicted octanol–water partition coefficient (Wildman–Crippen LogP) is 5.71. The average Bonchev–Trinajstić information content (AvgIpc) is 2.97. The van der Waals surface area contributed by atoms with Gasteiger partial charge in [-0.1, -0.05) is 73.3 Å². The van der Waals surface area contributed by atoms with Crippen molar-refractivity contribution in [3.05, 3.63) is 29.8 Å². The molecule has 9 nitrogen and oxygen atoms in total. The Morgan fingerprint density at radius 3 is 2.14 bits per heavy atom. The maximum absolute atomic E-state index is 12.2. The molecule has 0 spiro atoms. The summed E-state index contributed by atoms with van der Waals surface area (Å²) in [7, 11) is 3.27. The van der Waals surface area contributed by atoms with E-state index in [0.717, 1.165) is 36.3 Å². The third kappa shape index (κ3) is 25.1. The Balaban J connectivity index is 2.01. The fourth-order valence-electron chi connectivity index (χ4n) is 3.23. The summed E-state index contributed by atoms with van der Waals surface area (Å²) < 4.78 is 27.5. The highest BCUT2D eigenvalue weighted by atomic mass is 33.1. The van der Waals surface area contributed by atoms with Gasteiger partial charge in [0.25, 0.3) is 0 Å². The minimum atomic E-state index is -0.442. The Bertz CT molecular complexity index is 921. The third-order valence-electron chi connectivity index (χ3n) is 5.56. The van der Waals surface area contributed by atoms with Crippen molar-refractivity contribution in [3.8, 4) is 11.8 Å². The van der Waals surface area contributed by atoms with E-state index in [1.165, 1.54) is 0 Å². The molecule has 2 N–H and O–H groups in total. The predicted molar refractivity (Wildman–Crippen MR) is 175 cm³/mol. The molecule has 11 heteroatoms. The van der Waals surface area contributed by atoms with Gasteiger partial charge in [0.15, 0.2) is 0 Å². The van der Waals surface area contributed by atoms with Crippen LogP contribution in [0.2, 0.25) is 0 Å². The molecule has 0 saturated heterocycles. The molecule has 1 rings (SSSR count). The van der Waals surface area contributed by atoms with Crippen molar-refractivity contribution in [2.24, 2.45) is 11.8 Å². The highest BCUT2D eigenvalue weighted by molar-refractivity contribution is 8.76. The van der Waals surface area contributed by atoms with Gasteiger partial charge in [0.1, 0.15) is 5.44 Å². The lowest BCUT2D eigenvalue weighted by molar-refractivity contribution is -0.120. The molecular weight excluding hydrogens is 588 g/mol. The van der Waals surface area contributed by atoms with E-state index in [9.17, 15) is 9.59 Å². The van der Waals surface area contributed by atoms with Crippen LogP contribution in [0.1, 0.15) is 59.4 Å². The fourth-order valence-corrected chi connectivity index (χ4v) is 5.11. The molecule has 0 heterocycles. The maximum Gasteiger partial charge on any atom is 0.407 e. The molecule has 2 amide bonds. The van der Waals surface area contributed by atoms with Gasteiger partial charge in [-0.25, -0.2) is 4.79 Å². The van der Waals surface area contributed by atoms with Crippen LogP contribution in [0, 0.1) is 23.7 Å². The molecule has 1 unspecified atom stereocenters. The Hall–Kier alpha value is -1.94. The number of hydrogen-bond acceptors (Lipinski definition) is 9. The zero-order valence-corrected chi connectivity index (χ0v) is 28.2. The number of nitrogens with one attached hydrogen (secondary N) is 2. The summed E-state index contributed by atoms with van der Waals surface area (Å²) in [5.74, 6) is 6.77. The second-order valence-electron chi connectivity index (χ2n) is 10.5. The summed E-state index contributed by atoms with van der Waals surface area (Å²) in [4.78, 5) is 24.9. The van der Waals surface area contributed by atoms with Gasteiger partial charge in [0, 0.05) is 30.6 Å². The SMILES string of the molecule is CC(C)C#CCNC(=O)OCCCCOC(C)SSc1ccc(CC(=O)NCCOCCOCCOCCC(C)C)cc1. The third-order valence-corrected chi connectivity index (χ3v) is 8.20. The van der Waals surface area contributed by atoms with Crippen molar-refractivity contribution in [2.45, 2.75) is 70.6 Å². The molecule has 0 saturated carbocycles. The largest absolute Gasteiger partial charge is 0.450 e. The lowest BCUT2D eigenvalue weighted by atomic mass is 10.1. The maximum atomic E-state index is 12.2. The summed E-state index contributed by atoms with van der Waals surface area (Å²) in [5, 5.41) is 5.50. The van der Waals surface area contributed by atoms with E-state index in [0.29, 0.717) is 71.7 Å². The zero-order valence-electron chi connectivity index (χ0n) is 26.6. The molecule has 0 aliphatic heterocycles. The smallest absolute Gasteiger partial charge is 0.407 e. The van der Waals surface area contributed by atoms with E-state index in [-0.39, 0.29) is 17.3 Å². The van der Waals surface area contributed by atoms with E-state index in [2.05, 4.69) is 36.3 Å². The van der Waals surface area contributed by atoms with Crippen molar-refractivity contribution >= 4 is 33.6 Å². The first-order valence-electron chi connectivity index (χ1n) is 15.2. The summed E-state index contributed by atoms with van der Waals surface area (Å²) in [6, 6.07) is 7.98. The lowest BCUT2D eigenvalue weighted by Gasteiger charge is -2.12. The quantitative estimate of drug-likeness (QED) is 0.0637. The van der Waals surface area contributed by atoms with Gasteiger partial charge >= 0.3 is 6.09 Å². The summed E-state index contributed by atoms with van der Waals surface area (Å²) in [5.41, 5.74) is 0.974. The molecule has 0 bridgehead atoms. The average molecular weight is 641 g/mol. The van der Waals surface area contributed by atoms with Gasteiger partial charge in [-0.05, 0) is 49.8 Å². The van der Waals surface area contributed by atoms with E-state index in [1.807, 2.05) is 45.0 Å². The number of rotatable bonds is 24. The standard InChI is InChI=1S/C32H52N2O7S2/c1-26(2)9-8-15-34-32(36)41-18-7-6-17-40-28(5)42-43-30-12-10-29(11-13-30)25-31(35)33-16-20-38-22-24-39-23-21-37-19-14-27(3)4/h10-13,26-28H,6-7,14-25H2,1-5H3,(H,33,35)(H,34,36). The van der Waals surface area contributed by atoms with Crippen LogP contribution in [0.3, 0.4) is 0 Å². The number of unbranched alkanes of at least 4 members (excludes halogenated alkanes) is 1. The Kier molecular flexibility index (Phi) is 24.1. The van der Waals surface area contributed by atoms with Crippen molar-refractivity contribution in [2.75, 3.05) is 65.9 Å². The highest BCUT2D eigenvalue weighted by Gasteiger charge is 2.07. The van der Waals surface area contributed by atoms with Crippen LogP contribution in [-0.2, 0) is 34.9 Å². The Morgan fingerprint density at radius 1 is 0.814 bits per heavy atom. The number of benzene rings is 1. The van der Waals surface area contributed by atoms with E-state index in [4.69, 9.17) is 23.7 Å². The molecule has 244 valence electrons. The first kappa shape index (κ1) is 39.1. The normalized spacial score (nSPS) is 11.7. The number of alkyl carbamates (subject to hydrolysis) is 1.